The quantitative estimate of drug-likeness (QED) is 0.388. The molecule has 0 fully saturated rings. The molecule has 4 aromatic rings. The first-order chi connectivity index (χ1) is 17.0. The lowest BCUT2D eigenvalue weighted by Crippen LogP contribution is -2.35. The molecule has 0 aliphatic rings. The van der Waals surface area contributed by atoms with Crippen LogP contribution in [0.25, 0.3) is 16.8 Å². The monoisotopic (exact) mass is 470 g/mol. The van der Waals surface area contributed by atoms with E-state index in [0.29, 0.717) is 29.3 Å². The van der Waals surface area contributed by atoms with Crippen molar-refractivity contribution >= 4 is 5.91 Å². The Morgan fingerprint density at radius 3 is 2.23 bits per heavy atom. The van der Waals surface area contributed by atoms with Gasteiger partial charge in [0.05, 0.1) is 25.9 Å². The molecule has 7 nitrogen and oxygen atoms in total. The number of carbonyl (C=O) groups is 1. The van der Waals surface area contributed by atoms with Gasteiger partial charge in [-0.1, -0.05) is 54.6 Å². The number of rotatable bonds is 9. The van der Waals surface area contributed by atoms with Crippen molar-refractivity contribution in [1.29, 1.82) is 0 Å². The van der Waals surface area contributed by atoms with Gasteiger partial charge in [-0.15, -0.1) is 0 Å². The van der Waals surface area contributed by atoms with Crippen molar-refractivity contribution in [2.75, 3.05) is 34.9 Å². The highest BCUT2D eigenvalue weighted by Crippen LogP contribution is 2.34. The summed E-state index contributed by atoms with van der Waals surface area (Å²) < 4.78 is 12.6. The number of likely N-dealkylation sites (N-methyl/N-ethyl adjacent to an activating group) is 1. The number of hydrogen-bond acceptors (Lipinski definition) is 5. The maximum atomic E-state index is 13.5. The fraction of sp³-hybridized carbons (Fsp3) is 0.214. The summed E-state index contributed by atoms with van der Waals surface area (Å²) in [7, 11) is 7.19. The molecule has 1 unspecified atom stereocenters. The molecule has 0 saturated heterocycles. The average molecular weight is 471 g/mol. The summed E-state index contributed by atoms with van der Waals surface area (Å²) in [4.78, 5) is 15.5. The molecule has 0 aliphatic heterocycles. The van der Waals surface area contributed by atoms with Gasteiger partial charge in [-0.25, -0.2) is 4.68 Å². The number of methoxy groups -OCH3 is 2. The molecule has 1 aromatic heterocycles. The van der Waals surface area contributed by atoms with E-state index >= 15 is 0 Å². The van der Waals surface area contributed by atoms with E-state index in [2.05, 4.69) is 27.4 Å². The summed E-state index contributed by atoms with van der Waals surface area (Å²) in [5.74, 6) is 0.960. The topological polar surface area (TPSA) is 68.6 Å². The number of benzene rings is 3. The minimum absolute atomic E-state index is 0.0286. The van der Waals surface area contributed by atoms with E-state index < -0.39 is 0 Å². The molecule has 0 bridgehead atoms. The Morgan fingerprint density at radius 1 is 0.943 bits per heavy atom. The Hall–Kier alpha value is -4.10. The van der Waals surface area contributed by atoms with Crippen molar-refractivity contribution in [2.24, 2.45) is 0 Å². The summed E-state index contributed by atoms with van der Waals surface area (Å²) in [6.45, 7) is 0.444. The van der Waals surface area contributed by atoms with Crippen LogP contribution in [0.3, 0.4) is 0 Å². The van der Waals surface area contributed by atoms with E-state index in [1.165, 1.54) is 0 Å². The van der Waals surface area contributed by atoms with Crippen LogP contribution in [0, 0.1) is 0 Å². The van der Waals surface area contributed by atoms with Crippen molar-refractivity contribution in [2.45, 2.75) is 6.04 Å². The maximum Gasteiger partial charge on any atom is 0.272 e. The second-order valence-corrected chi connectivity index (χ2v) is 8.34. The first kappa shape index (κ1) is 24.0. The van der Waals surface area contributed by atoms with Crippen LogP contribution in [0.4, 0.5) is 0 Å². The molecular formula is C28H30N4O3. The van der Waals surface area contributed by atoms with Crippen LogP contribution in [0.5, 0.6) is 11.5 Å². The molecule has 0 aliphatic carbocycles. The average Bonchev–Trinajstić information content (AvgIpc) is 3.35. The predicted molar refractivity (Wildman–Crippen MR) is 137 cm³/mol. The summed E-state index contributed by atoms with van der Waals surface area (Å²) in [5.41, 5.74) is 3.85. The minimum Gasteiger partial charge on any atom is -0.493 e. The van der Waals surface area contributed by atoms with Gasteiger partial charge in [-0.05, 0) is 49.5 Å². The normalized spacial score (nSPS) is 11.8. The summed E-state index contributed by atoms with van der Waals surface area (Å²) >= 11 is 0. The Labute approximate surface area is 205 Å². The number of para-hydroxylation sites is 1. The molecule has 4 rings (SSSR count). The number of aromatic nitrogens is 2. The second kappa shape index (κ2) is 10.9. The lowest BCUT2D eigenvalue weighted by Gasteiger charge is -2.25. The van der Waals surface area contributed by atoms with Gasteiger partial charge in [0.2, 0.25) is 0 Å². The van der Waals surface area contributed by atoms with Gasteiger partial charge in [0.15, 0.2) is 17.2 Å². The van der Waals surface area contributed by atoms with Gasteiger partial charge < -0.3 is 19.7 Å². The fourth-order valence-corrected chi connectivity index (χ4v) is 4.02. The second-order valence-electron chi connectivity index (χ2n) is 8.34. The first-order valence-electron chi connectivity index (χ1n) is 11.4. The standard InChI is InChI=1S/C28H30N4O3/c1-31(2)24(20-11-7-5-8-12-20)18-29-28(33)27-23(19-32(30-27)22-13-9-6-10-14-22)21-15-16-25(34-3)26(17-21)35-4/h5-17,19,24H,18H2,1-4H3,(H,29,33). The molecule has 1 amide bonds. The van der Waals surface area contributed by atoms with E-state index in [4.69, 9.17) is 9.47 Å². The van der Waals surface area contributed by atoms with Crippen LogP contribution in [0.15, 0.2) is 85.1 Å². The lowest BCUT2D eigenvalue weighted by atomic mass is 10.0. The Kier molecular flexibility index (Phi) is 7.48. The molecule has 1 N–H and O–H groups in total. The Morgan fingerprint density at radius 2 is 1.60 bits per heavy atom. The van der Waals surface area contributed by atoms with Crippen molar-refractivity contribution in [3.05, 3.63) is 96.3 Å². The molecule has 3 aromatic carbocycles. The Bertz CT molecular complexity index is 1270. The summed E-state index contributed by atoms with van der Waals surface area (Å²) in [5, 5.41) is 7.76. The van der Waals surface area contributed by atoms with E-state index in [1.54, 1.807) is 18.9 Å². The lowest BCUT2D eigenvalue weighted by molar-refractivity contribution is 0.0937. The maximum absolute atomic E-state index is 13.5. The van der Waals surface area contributed by atoms with Gasteiger partial charge in [0, 0.05) is 18.3 Å². The fourth-order valence-electron chi connectivity index (χ4n) is 4.02. The van der Waals surface area contributed by atoms with Crippen LogP contribution >= 0.6 is 0 Å². The Balaban J connectivity index is 1.69. The van der Waals surface area contributed by atoms with Crippen molar-refractivity contribution in [3.8, 4) is 28.3 Å². The number of nitrogens with one attached hydrogen (secondary N) is 1. The molecule has 0 spiro atoms. The van der Waals surface area contributed by atoms with Crippen molar-refractivity contribution < 1.29 is 14.3 Å². The summed E-state index contributed by atoms with van der Waals surface area (Å²) in [6.07, 6.45) is 1.87. The van der Waals surface area contributed by atoms with Crippen LogP contribution in [0.1, 0.15) is 22.1 Å². The molecular weight excluding hydrogens is 440 g/mol. The van der Waals surface area contributed by atoms with Crippen LogP contribution in [0.2, 0.25) is 0 Å². The van der Waals surface area contributed by atoms with Crippen molar-refractivity contribution in [1.82, 2.24) is 20.0 Å². The number of hydrogen-bond donors (Lipinski definition) is 1. The van der Waals surface area contributed by atoms with Crippen molar-refractivity contribution in [3.63, 3.8) is 0 Å². The number of nitrogens with zero attached hydrogens (tertiary/aromatic N) is 3. The third-order valence-corrected chi connectivity index (χ3v) is 5.91. The number of carbonyl (C=O) groups excluding carboxylic acids is 1. The smallest absolute Gasteiger partial charge is 0.272 e. The van der Waals surface area contributed by atoms with Gasteiger partial charge in [-0.2, -0.15) is 5.10 Å². The number of ether oxygens (including phenoxy) is 2. The highest BCUT2D eigenvalue weighted by atomic mass is 16.5. The zero-order valence-electron chi connectivity index (χ0n) is 20.4. The molecule has 1 atom stereocenters. The van der Waals surface area contributed by atoms with E-state index in [0.717, 1.165) is 16.8 Å². The molecule has 1 heterocycles. The zero-order chi connectivity index (χ0) is 24.8. The first-order valence-corrected chi connectivity index (χ1v) is 11.4. The van der Waals surface area contributed by atoms with Gasteiger partial charge >= 0.3 is 0 Å². The number of amides is 1. The van der Waals surface area contributed by atoms with E-state index in [1.807, 2.05) is 87.0 Å². The van der Waals surface area contributed by atoms with E-state index in [-0.39, 0.29) is 11.9 Å². The molecule has 0 radical (unpaired) electrons. The molecule has 180 valence electrons. The summed E-state index contributed by atoms with van der Waals surface area (Å²) in [6, 6.07) is 25.5. The minimum atomic E-state index is -0.243. The third-order valence-electron chi connectivity index (χ3n) is 5.91. The van der Waals surface area contributed by atoms with Crippen LogP contribution in [-0.2, 0) is 0 Å². The van der Waals surface area contributed by atoms with Crippen LogP contribution < -0.4 is 14.8 Å². The van der Waals surface area contributed by atoms with Gasteiger partial charge in [0.1, 0.15) is 0 Å². The zero-order valence-corrected chi connectivity index (χ0v) is 20.4. The predicted octanol–water partition coefficient (Wildman–Crippen LogP) is 4.59. The van der Waals surface area contributed by atoms with Gasteiger partial charge in [-0.3, -0.25) is 4.79 Å². The van der Waals surface area contributed by atoms with Crippen LogP contribution in [-0.4, -0.2) is 55.4 Å². The highest BCUT2D eigenvalue weighted by Gasteiger charge is 2.22. The highest BCUT2D eigenvalue weighted by molar-refractivity contribution is 5.99. The third kappa shape index (κ3) is 5.36. The van der Waals surface area contributed by atoms with Gasteiger partial charge in [0.25, 0.3) is 5.91 Å². The molecule has 7 heteroatoms. The largest absolute Gasteiger partial charge is 0.493 e. The molecule has 35 heavy (non-hydrogen) atoms. The van der Waals surface area contributed by atoms with E-state index in [9.17, 15) is 4.79 Å². The molecule has 0 saturated carbocycles. The SMILES string of the molecule is COc1ccc(-c2cn(-c3ccccc3)nc2C(=O)NCC(c2ccccc2)N(C)C)cc1OC.